The lowest BCUT2D eigenvalue weighted by Crippen LogP contribution is -2.43. The van der Waals surface area contributed by atoms with Crippen LogP contribution in [-0.2, 0) is 4.79 Å². The van der Waals surface area contributed by atoms with Crippen LogP contribution in [0.4, 0.5) is 5.69 Å². The molecule has 0 spiro atoms. The number of amides is 2. The van der Waals surface area contributed by atoms with Gasteiger partial charge in [0.15, 0.2) is 0 Å². The highest BCUT2D eigenvalue weighted by atomic mass is 16.5. The minimum absolute atomic E-state index is 0.145. The zero-order valence-corrected chi connectivity index (χ0v) is 13.8. The summed E-state index contributed by atoms with van der Waals surface area (Å²) in [5.74, 6) is 0.277. The number of methoxy groups -OCH3 is 1. The van der Waals surface area contributed by atoms with Crippen molar-refractivity contribution in [3.63, 3.8) is 0 Å². The van der Waals surface area contributed by atoms with Gasteiger partial charge in [-0.05, 0) is 49.6 Å². The average molecular weight is 327 g/mol. The van der Waals surface area contributed by atoms with E-state index in [9.17, 15) is 9.59 Å². The maximum absolute atomic E-state index is 12.7. The number of carbonyl (C=O) groups excluding carboxylic acids is 2. The molecule has 24 heavy (non-hydrogen) atoms. The van der Waals surface area contributed by atoms with Crippen LogP contribution in [0.5, 0.6) is 5.75 Å². The first-order valence-corrected chi connectivity index (χ1v) is 8.00. The Balaban J connectivity index is 1.77. The summed E-state index contributed by atoms with van der Waals surface area (Å²) in [7, 11) is 1.57. The van der Waals surface area contributed by atoms with E-state index in [2.05, 4.69) is 10.3 Å². The molecule has 6 heteroatoms. The lowest BCUT2D eigenvalue weighted by molar-refractivity contribution is -0.119. The van der Waals surface area contributed by atoms with Crippen LogP contribution in [0.15, 0.2) is 36.5 Å². The van der Waals surface area contributed by atoms with Crippen molar-refractivity contribution in [2.75, 3.05) is 19.0 Å². The average Bonchev–Trinajstić information content (AvgIpc) is 3.26. The van der Waals surface area contributed by atoms with Crippen LogP contribution in [0.1, 0.15) is 28.9 Å². The molecule has 1 aromatic heterocycles. The first-order valence-electron chi connectivity index (χ1n) is 8.00. The molecule has 1 aliphatic rings. The fourth-order valence-corrected chi connectivity index (χ4v) is 3.04. The van der Waals surface area contributed by atoms with Crippen molar-refractivity contribution < 1.29 is 14.3 Å². The van der Waals surface area contributed by atoms with E-state index in [-0.39, 0.29) is 11.8 Å². The second kappa shape index (κ2) is 6.78. The van der Waals surface area contributed by atoms with Gasteiger partial charge in [-0.2, -0.15) is 0 Å². The molecule has 1 aromatic carbocycles. The highest BCUT2D eigenvalue weighted by Crippen LogP contribution is 2.27. The number of carbonyl (C=O) groups is 2. The molecular weight excluding hydrogens is 306 g/mol. The van der Waals surface area contributed by atoms with E-state index in [1.165, 1.54) is 0 Å². The van der Waals surface area contributed by atoms with E-state index in [1.54, 1.807) is 30.3 Å². The third-order valence-electron chi connectivity index (χ3n) is 4.26. The molecule has 0 bridgehead atoms. The third kappa shape index (κ3) is 3.13. The maximum Gasteiger partial charge on any atom is 0.270 e. The highest BCUT2D eigenvalue weighted by Gasteiger charge is 2.35. The summed E-state index contributed by atoms with van der Waals surface area (Å²) in [4.78, 5) is 29.8. The first-order chi connectivity index (χ1) is 11.6. The van der Waals surface area contributed by atoms with Gasteiger partial charge in [0.1, 0.15) is 17.5 Å². The predicted molar refractivity (Wildman–Crippen MR) is 91.2 cm³/mol. The van der Waals surface area contributed by atoms with Gasteiger partial charge in [0, 0.05) is 12.7 Å². The number of H-pyrrole nitrogens is 1. The minimum Gasteiger partial charge on any atom is -0.495 e. The molecule has 0 saturated carbocycles. The minimum atomic E-state index is -0.467. The zero-order valence-electron chi connectivity index (χ0n) is 13.8. The smallest absolute Gasteiger partial charge is 0.270 e. The summed E-state index contributed by atoms with van der Waals surface area (Å²) >= 11 is 0. The second-order valence-corrected chi connectivity index (χ2v) is 5.93. The number of nitrogens with one attached hydrogen (secondary N) is 2. The summed E-state index contributed by atoms with van der Waals surface area (Å²) in [6.45, 7) is 2.53. The van der Waals surface area contributed by atoms with Gasteiger partial charge in [-0.1, -0.05) is 6.07 Å². The van der Waals surface area contributed by atoms with Crippen LogP contribution < -0.4 is 10.1 Å². The summed E-state index contributed by atoms with van der Waals surface area (Å²) < 4.78 is 5.30. The van der Waals surface area contributed by atoms with E-state index >= 15 is 0 Å². The molecule has 0 aliphatic carbocycles. The van der Waals surface area contributed by atoms with Gasteiger partial charge in [0.2, 0.25) is 5.91 Å². The number of aromatic nitrogens is 1. The van der Waals surface area contributed by atoms with Gasteiger partial charge in [-0.25, -0.2) is 0 Å². The quantitative estimate of drug-likeness (QED) is 0.906. The van der Waals surface area contributed by atoms with E-state index in [0.29, 0.717) is 30.1 Å². The van der Waals surface area contributed by atoms with Crippen LogP contribution >= 0.6 is 0 Å². The Morgan fingerprint density at radius 1 is 1.33 bits per heavy atom. The Morgan fingerprint density at radius 3 is 2.88 bits per heavy atom. The van der Waals surface area contributed by atoms with Crippen molar-refractivity contribution >= 4 is 17.5 Å². The van der Waals surface area contributed by atoms with Gasteiger partial charge in [-0.15, -0.1) is 0 Å². The maximum atomic E-state index is 12.7. The van der Waals surface area contributed by atoms with Crippen LogP contribution in [0.2, 0.25) is 0 Å². The van der Waals surface area contributed by atoms with Crippen LogP contribution in [0.3, 0.4) is 0 Å². The number of rotatable bonds is 4. The number of benzene rings is 1. The molecule has 2 heterocycles. The van der Waals surface area contributed by atoms with Gasteiger partial charge >= 0.3 is 0 Å². The molecule has 0 radical (unpaired) electrons. The second-order valence-electron chi connectivity index (χ2n) is 5.93. The zero-order chi connectivity index (χ0) is 17.1. The summed E-state index contributed by atoms with van der Waals surface area (Å²) in [5, 5.41) is 2.91. The van der Waals surface area contributed by atoms with Gasteiger partial charge in [-0.3, -0.25) is 9.59 Å². The number of ether oxygens (including phenoxy) is 1. The molecule has 1 saturated heterocycles. The topological polar surface area (TPSA) is 74.4 Å². The van der Waals surface area contributed by atoms with E-state index in [4.69, 9.17) is 4.74 Å². The molecule has 2 amide bonds. The number of hydrogen-bond acceptors (Lipinski definition) is 3. The predicted octanol–water partition coefficient (Wildman–Crippen LogP) is 2.58. The molecular formula is C18H21N3O3. The van der Waals surface area contributed by atoms with Crippen LogP contribution in [0, 0.1) is 6.92 Å². The number of anilines is 1. The lowest BCUT2D eigenvalue weighted by Gasteiger charge is -2.24. The number of aromatic amines is 1. The molecule has 2 aromatic rings. The number of likely N-dealkylation sites (tertiary alicyclic amines) is 1. The molecule has 1 fully saturated rings. The number of aryl methyl sites for hydroxylation is 1. The molecule has 3 rings (SSSR count). The Labute approximate surface area is 140 Å². The summed E-state index contributed by atoms with van der Waals surface area (Å²) in [6, 6.07) is 8.64. The van der Waals surface area contributed by atoms with Crippen molar-refractivity contribution in [1.82, 2.24) is 9.88 Å². The van der Waals surface area contributed by atoms with E-state index in [0.717, 1.165) is 12.0 Å². The standard InChI is InChI=1S/C18H21N3O3/c1-12-7-8-16(24-2)14(11-12)20-17(22)15-6-4-10-21(15)18(23)13-5-3-9-19-13/h3,5,7-9,11,15,19H,4,6,10H2,1-2H3,(H,20,22)/t15-/m1/s1. The van der Waals surface area contributed by atoms with Crippen molar-refractivity contribution in [1.29, 1.82) is 0 Å². The molecule has 126 valence electrons. The number of hydrogen-bond donors (Lipinski definition) is 2. The normalized spacial score (nSPS) is 16.9. The summed E-state index contributed by atoms with van der Waals surface area (Å²) in [6.07, 6.45) is 3.18. The van der Waals surface area contributed by atoms with Gasteiger partial charge < -0.3 is 19.9 Å². The van der Waals surface area contributed by atoms with E-state index < -0.39 is 6.04 Å². The van der Waals surface area contributed by atoms with Crippen molar-refractivity contribution in [3.8, 4) is 5.75 Å². The lowest BCUT2D eigenvalue weighted by atomic mass is 10.1. The largest absolute Gasteiger partial charge is 0.495 e. The van der Waals surface area contributed by atoms with Crippen molar-refractivity contribution in [2.45, 2.75) is 25.8 Å². The van der Waals surface area contributed by atoms with Crippen LogP contribution in [0.25, 0.3) is 0 Å². The number of nitrogens with zero attached hydrogens (tertiary/aromatic N) is 1. The highest BCUT2D eigenvalue weighted by molar-refractivity contribution is 6.01. The molecule has 6 nitrogen and oxygen atoms in total. The monoisotopic (exact) mass is 327 g/mol. The fourth-order valence-electron chi connectivity index (χ4n) is 3.04. The Hall–Kier alpha value is -2.76. The Morgan fingerprint density at radius 2 is 2.17 bits per heavy atom. The van der Waals surface area contributed by atoms with Gasteiger partial charge in [0.05, 0.1) is 12.8 Å². The Kier molecular flexibility index (Phi) is 4.55. The van der Waals surface area contributed by atoms with Crippen LogP contribution in [-0.4, -0.2) is 41.4 Å². The molecule has 1 atom stereocenters. The fraction of sp³-hybridized carbons (Fsp3) is 0.333. The Bertz CT molecular complexity index is 740. The van der Waals surface area contributed by atoms with Gasteiger partial charge in [0.25, 0.3) is 5.91 Å². The molecule has 0 unspecified atom stereocenters. The first kappa shape index (κ1) is 16.1. The van der Waals surface area contributed by atoms with Crippen molar-refractivity contribution in [2.24, 2.45) is 0 Å². The van der Waals surface area contributed by atoms with E-state index in [1.807, 2.05) is 25.1 Å². The summed E-state index contributed by atoms with van der Waals surface area (Å²) in [5.41, 5.74) is 2.15. The molecule has 1 aliphatic heterocycles. The third-order valence-corrected chi connectivity index (χ3v) is 4.26. The van der Waals surface area contributed by atoms with Crippen molar-refractivity contribution in [3.05, 3.63) is 47.8 Å². The SMILES string of the molecule is COc1ccc(C)cc1NC(=O)[C@H]1CCCN1C(=O)c1ccc[nH]1. The molecule has 2 N–H and O–H groups in total.